The molecule has 0 unspecified atom stereocenters. The summed E-state index contributed by atoms with van der Waals surface area (Å²) in [5.74, 6) is -4.67. The Hall–Kier alpha value is -5.72. The van der Waals surface area contributed by atoms with E-state index >= 15 is 0 Å². The molecule has 13 nitrogen and oxygen atoms in total. The SMILES string of the molecule is COc1ccnc(C(=O)N[C@H]2COC(=O)/C(=C(\C)c3ccccc3)[C@@H](OC(=O)C(C)C)[C@H](C)OC2=O)c1OCOC(=O)c1ccccc1. The number of nitrogens with one attached hydrogen (secondary N) is 1. The Morgan fingerprint density at radius 1 is 0.979 bits per heavy atom. The van der Waals surface area contributed by atoms with Gasteiger partial charge < -0.3 is 33.7 Å². The Morgan fingerprint density at radius 2 is 1.62 bits per heavy atom. The lowest BCUT2D eigenvalue weighted by Gasteiger charge is -2.27. The van der Waals surface area contributed by atoms with E-state index in [4.69, 9.17) is 28.4 Å². The Kier molecular flexibility index (Phi) is 11.9. The average Bonchev–Trinajstić information content (AvgIpc) is 3.13. The highest BCUT2D eigenvalue weighted by Gasteiger charge is 2.40. The molecule has 0 aliphatic carbocycles. The summed E-state index contributed by atoms with van der Waals surface area (Å²) in [6.07, 6.45) is -1.20. The van der Waals surface area contributed by atoms with E-state index in [1.54, 1.807) is 75.4 Å². The number of esters is 4. The van der Waals surface area contributed by atoms with Gasteiger partial charge >= 0.3 is 23.9 Å². The molecule has 1 amide bonds. The van der Waals surface area contributed by atoms with Crippen molar-refractivity contribution in [2.75, 3.05) is 20.5 Å². The van der Waals surface area contributed by atoms with Crippen LogP contribution in [-0.2, 0) is 33.3 Å². The Bertz CT molecular complexity index is 1670. The third-order valence-electron chi connectivity index (χ3n) is 7.24. The van der Waals surface area contributed by atoms with Crippen LogP contribution in [0.25, 0.3) is 5.57 Å². The van der Waals surface area contributed by atoms with Gasteiger partial charge in [-0.2, -0.15) is 0 Å². The van der Waals surface area contributed by atoms with Crippen LogP contribution in [0.15, 0.2) is 78.5 Å². The van der Waals surface area contributed by atoms with E-state index < -0.39 is 67.4 Å². The van der Waals surface area contributed by atoms with Crippen molar-refractivity contribution in [3.8, 4) is 11.5 Å². The quantitative estimate of drug-likeness (QED) is 0.144. The highest BCUT2D eigenvalue weighted by Crippen LogP contribution is 2.31. The van der Waals surface area contributed by atoms with Crippen LogP contribution in [-0.4, -0.2) is 73.5 Å². The van der Waals surface area contributed by atoms with Crippen molar-refractivity contribution in [3.05, 3.63) is 95.3 Å². The van der Waals surface area contributed by atoms with E-state index in [9.17, 15) is 24.0 Å². The van der Waals surface area contributed by atoms with Gasteiger partial charge in [-0.25, -0.2) is 19.4 Å². The Labute approximate surface area is 277 Å². The topological polar surface area (TPSA) is 166 Å². The number of ether oxygens (including phenoxy) is 6. The molecular formula is C35H36N2O11. The number of pyridine rings is 1. The van der Waals surface area contributed by atoms with Crippen molar-refractivity contribution in [2.24, 2.45) is 5.92 Å². The summed E-state index contributed by atoms with van der Waals surface area (Å²) in [7, 11) is 1.33. The first-order valence-electron chi connectivity index (χ1n) is 15.0. The smallest absolute Gasteiger partial charge is 0.340 e. The molecule has 1 aliphatic rings. The molecule has 0 saturated carbocycles. The minimum absolute atomic E-state index is 0.0160. The number of hydrogen-bond acceptors (Lipinski definition) is 12. The second kappa shape index (κ2) is 16.2. The summed E-state index contributed by atoms with van der Waals surface area (Å²) >= 11 is 0. The molecule has 2 heterocycles. The summed E-state index contributed by atoms with van der Waals surface area (Å²) in [4.78, 5) is 69.7. The average molecular weight is 661 g/mol. The van der Waals surface area contributed by atoms with Gasteiger partial charge in [0.15, 0.2) is 29.3 Å². The van der Waals surface area contributed by atoms with Gasteiger partial charge in [-0.05, 0) is 37.1 Å². The molecule has 0 bridgehead atoms. The summed E-state index contributed by atoms with van der Waals surface area (Å²) in [6, 6.07) is 17.0. The molecule has 48 heavy (non-hydrogen) atoms. The van der Waals surface area contributed by atoms with E-state index in [1.807, 2.05) is 6.07 Å². The monoisotopic (exact) mass is 660 g/mol. The van der Waals surface area contributed by atoms with Gasteiger partial charge in [0.05, 0.1) is 24.2 Å². The highest BCUT2D eigenvalue weighted by atomic mass is 16.7. The minimum atomic E-state index is -1.50. The van der Waals surface area contributed by atoms with E-state index in [0.29, 0.717) is 11.1 Å². The van der Waals surface area contributed by atoms with Gasteiger partial charge in [0, 0.05) is 12.3 Å². The van der Waals surface area contributed by atoms with Crippen LogP contribution in [0.1, 0.15) is 54.1 Å². The van der Waals surface area contributed by atoms with Crippen LogP contribution >= 0.6 is 0 Å². The number of cyclic esters (lactones) is 2. The molecule has 4 rings (SSSR count). The van der Waals surface area contributed by atoms with E-state index in [1.165, 1.54) is 26.3 Å². The number of allylic oxidation sites excluding steroid dienone is 1. The summed E-state index contributed by atoms with van der Waals surface area (Å²) in [5.41, 5.74) is 1.06. The minimum Gasteiger partial charge on any atom is -0.493 e. The summed E-state index contributed by atoms with van der Waals surface area (Å²) in [5, 5.41) is 2.47. The lowest BCUT2D eigenvalue weighted by Crippen LogP contribution is -2.46. The molecule has 1 saturated heterocycles. The standard InChI is InChI=1S/C35H36N2O11/c1-20(2)32(39)48-29-22(4)47-34(41)25(18-44-35(42)27(29)21(3)23-12-8-6-9-13-23)37-31(38)28-30(26(43-5)16-17-36-28)45-19-46-33(40)24-14-10-7-11-15-24/h6-17,20,22,25,29H,18-19H2,1-5H3,(H,37,38)/b27-21+/t22-,25-,29-/m0/s1. The van der Waals surface area contributed by atoms with Crippen LogP contribution in [0, 0.1) is 5.92 Å². The van der Waals surface area contributed by atoms with Crippen molar-refractivity contribution < 1.29 is 52.4 Å². The Balaban J connectivity index is 1.58. The molecular weight excluding hydrogens is 624 g/mol. The molecule has 252 valence electrons. The second-order valence-corrected chi connectivity index (χ2v) is 10.9. The van der Waals surface area contributed by atoms with Crippen LogP contribution in [0.2, 0.25) is 0 Å². The third kappa shape index (κ3) is 8.55. The molecule has 1 aliphatic heterocycles. The number of carbonyl (C=O) groups excluding carboxylic acids is 5. The zero-order chi connectivity index (χ0) is 34.8. The largest absolute Gasteiger partial charge is 0.493 e. The maximum absolute atomic E-state index is 13.6. The molecule has 0 spiro atoms. The van der Waals surface area contributed by atoms with Gasteiger partial charge in [0.2, 0.25) is 6.79 Å². The molecule has 3 atom stereocenters. The molecule has 1 N–H and O–H groups in total. The summed E-state index contributed by atoms with van der Waals surface area (Å²) in [6.45, 7) is 5.18. The predicted molar refractivity (Wildman–Crippen MR) is 170 cm³/mol. The van der Waals surface area contributed by atoms with Gasteiger partial charge in [0.25, 0.3) is 5.91 Å². The van der Waals surface area contributed by atoms with Crippen LogP contribution < -0.4 is 14.8 Å². The molecule has 13 heteroatoms. The number of rotatable bonds is 10. The number of aromatic nitrogens is 1. The number of carbonyl (C=O) groups is 5. The van der Waals surface area contributed by atoms with E-state index in [-0.39, 0.29) is 28.3 Å². The number of nitrogens with zero attached hydrogens (tertiary/aromatic N) is 1. The fraction of sp³-hybridized carbons (Fsp3) is 0.314. The first kappa shape index (κ1) is 35.1. The lowest BCUT2D eigenvalue weighted by molar-refractivity contribution is -0.166. The van der Waals surface area contributed by atoms with Crippen molar-refractivity contribution in [2.45, 2.75) is 45.9 Å². The van der Waals surface area contributed by atoms with Crippen molar-refractivity contribution in [1.82, 2.24) is 10.3 Å². The number of methoxy groups -OCH3 is 1. The molecule has 2 aromatic carbocycles. The first-order valence-corrected chi connectivity index (χ1v) is 15.0. The highest BCUT2D eigenvalue weighted by molar-refractivity contribution is 6.00. The lowest BCUT2D eigenvalue weighted by atomic mass is 9.95. The summed E-state index contributed by atoms with van der Waals surface area (Å²) < 4.78 is 33.0. The fourth-order valence-corrected chi connectivity index (χ4v) is 4.63. The molecule has 0 radical (unpaired) electrons. The normalized spacial score (nSPS) is 19.0. The van der Waals surface area contributed by atoms with E-state index in [0.717, 1.165) is 0 Å². The third-order valence-corrected chi connectivity index (χ3v) is 7.24. The molecule has 1 fully saturated rings. The number of benzene rings is 2. The van der Waals surface area contributed by atoms with Crippen LogP contribution in [0.5, 0.6) is 11.5 Å². The van der Waals surface area contributed by atoms with Gasteiger partial charge in [-0.3, -0.25) is 9.59 Å². The zero-order valence-electron chi connectivity index (χ0n) is 27.1. The second-order valence-electron chi connectivity index (χ2n) is 10.9. The molecule has 3 aromatic rings. The van der Waals surface area contributed by atoms with Gasteiger partial charge in [-0.15, -0.1) is 0 Å². The number of hydrogen-bond donors (Lipinski definition) is 1. The van der Waals surface area contributed by atoms with E-state index in [2.05, 4.69) is 10.3 Å². The maximum Gasteiger partial charge on any atom is 0.340 e. The van der Waals surface area contributed by atoms with Crippen LogP contribution in [0.3, 0.4) is 0 Å². The first-order chi connectivity index (χ1) is 23.0. The predicted octanol–water partition coefficient (Wildman–Crippen LogP) is 3.91. The van der Waals surface area contributed by atoms with Crippen molar-refractivity contribution in [3.63, 3.8) is 0 Å². The van der Waals surface area contributed by atoms with Gasteiger partial charge in [-0.1, -0.05) is 62.4 Å². The van der Waals surface area contributed by atoms with Crippen molar-refractivity contribution in [1.29, 1.82) is 0 Å². The maximum atomic E-state index is 13.6. The van der Waals surface area contributed by atoms with Crippen LogP contribution in [0.4, 0.5) is 0 Å². The Morgan fingerprint density at radius 3 is 2.25 bits per heavy atom. The number of amides is 1. The fourth-order valence-electron chi connectivity index (χ4n) is 4.63. The van der Waals surface area contributed by atoms with Crippen molar-refractivity contribution >= 4 is 35.4 Å². The van der Waals surface area contributed by atoms with Gasteiger partial charge in [0.1, 0.15) is 12.7 Å². The molecule has 1 aromatic heterocycles. The zero-order valence-corrected chi connectivity index (χ0v) is 27.1.